The molecule has 0 heterocycles. The van der Waals surface area contributed by atoms with Crippen LogP contribution in [0, 0.1) is 5.82 Å². The molecule has 2 aromatic rings. The molecule has 2 N–H and O–H groups in total. The van der Waals surface area contributed by atoms with Crippen molar-refractivity contribution in [2.24, 2.45) is 5.73 Å². The fourth-order valence-corrected chi connectivity index (χ4v) is 2.61. The van der Waals surface area contributed by atoms with Crippen LogP contribution in [0.1, 0.15) is 42.1 Å². The number of hydrogen-bond acceptors (Lipinski definition) is 1. The summed E-state index contributed by atoms with van der Waals surface area (Å²) in [6, 6.07) is 10.3. The maximum Gasteiger partial charge on any atom is 0.129 e. The Kier molecular flexibility index (Phi) is 4.79. The largest absolute Gasteiger partial charge is 0.320 e. The lowest BCUT2D eigenvalue weighted by atomic mass is 9.93. The molecule has 2 aromatic carbocycles. The average Bonchev–Trinajstić information content (AvgIpc) is 2.45. The van der Waals surface area contributed by atoms with E-state index in [1.807, 2.05) is 6.07 Å². The zero-order valence-electron chi connectivity index (χ0n) is 11.8. The fourth-order valence-electron chi connectivity index (χ4n) is 2.45. The summed E-state index contributed by atoms with van der Waals surface area (Å²) in [7, 11) is 0. The SMILES string of the molecule is CCc1ccc(C(N)c2ccc(Cl)cc2F)cc1CC. The van der Waals surface area contributed by atoms with Crippen molar-refractivity contribution in [2.45, 2.75) is 32.7 Å². The molecule has 20 heavy (non-hydrogen) atoms. The summed E-state index contributed by atoms with van der Waals surface area (Å²) in [5, 5.41) is 0.383. The minimum absolute atomic E-state index is 0.359. The quantitative estimate of drug-likeness (QED) is 0.871. The molecule has 0 aliphatic rings. The zero-order chi connectivity index (χ0) is 14.7. The van der Waals surface area contributed by atoms with E-state index in [0.717, 1.165) is 18.4 Å². The second-order valence-electron chi connectivity index (χ2n) is 4.88. The Bertz CT molecular complexity index is 610. The van der Waals surface area contributed by atoms with Crippen LogP contribution < -0.4 is 5.73 Å². The van der Waals surface area contributed by atoms with Crippen molar-refractivity contribution in [1.82, 2.24) is 0 Å². The summed E-state index contributed by atoms with van der Waals surface area (Å²) < 4.78 is 13.9. The van der Waals surface area contributed by atoms with Crippen LogP contribution in [-0.4, -0.2) is 0 Å². The van der Waals surface area contributed by atoms with E-state index in [9.17, 15) is 4.39 Å². The monoisotopic (exact) mass is 291 g/mol. The molecule has 0 spiro atoms. The molecule has 3 heteroatoms. The molecule has 0 fully saturated rings. The second-order valence-corrected chi connectivity index (χ2v) is 5.32. The van der Waals surface area contributed by atoms with E-state index < -0.39 is 6.04 Å². The Balaban J connectivity index is 2.40. The van der Waals surface area contributed by atoms with E-state index in [1.165, 1.54) is 17.2 Å². The molecule has 1 unspecified atom stereocenters. The summed E-state index contributed by atoms with van der Waals surface area (Å²) >= 11 is 5.77. The van der Waals surface area contributed by atoms with Crippen LogP contribution in [0.5, 0.6) is 0 Å². The molecule has 0 aromatic heterocycles. The molecule has 0 aliphatic carbocycles. The van der Waals surface area contributed by atoms with Crippen molar-refractivity contribution in [3.05, 3.63) is 69.5 Å². The van der Waals surface area contributed by atoms with E-state index in [4.69, 9.17) is 17.3 Å². The summed E-state index contributed by atoms with van der Waals surface area (Å²) in [6.07, 6.45) is 1.95. The van der Waals surface area contributed by atoms with Gasteiger partial charge in [-0.2, -0.15) is 0 Å². The molecule has 1 nitrogen and oxygen atoms in total. The molecule has 0 bridgehead atoms. The molecule has 0 aliphatic heterocycles. The number of rotatable bonds is 4. The van der Waals surface area contributed by atoms with Crippen LogP contribution in [0.4, 0.5) is 4.39 Å². The van der Waals surface area contributed by atoms with Crippen LogP contribution in [0.2, 0.25) is 5.02 Å². The molecule has 1 atom stereocenters. The molecule has 0 saturated heterocycles. The smallest absolute Gasteiger partial charge is 0.129 e. The van der Waals surface area contributed by atoms with Gasteiger partial charge in [-0.1, -0.05) is 49.7 Å². The zero-order valence-corrected chi connectivity index (χ0v) is 12.5. The van der Waals surface area contributed by atoms with Gasteiger partial charge in [0.05, 0.1) is 6.04 Å². The van der Waals surface area contributed by atoms with Crippen molar-refractivity contribution in [2.75, 3.05) is 0 Å². The number of nitrogens with two attached hydrogens (primary N) is 1. The van der Waals surface area contributed by atoms with Gasteiger partial charge in [-0.3, -0.25) is 0 Å². The van der Waals surface area contributed by atoms with Crippen LogP contribution in [-0.2, 0) is 12.8 Å². The van der Waals surface area contributed by atoms with Gasteiger partial charge in [0.15, 0.2) is 0 Å². The van der Waals surface area contributed by atoms with E-state index >= 15 is 0 Å². The lowest BCUT2D eigenvalue weighted by molar-refractivity contribution is 0.599. The van der Waals surface area contributed by atoms with Crippen molar-refractivity contribution >= 4 is 11.6 Å². The van der Waals surface area contributed by atoms with Gasteiger partial charge in [-0.15, -0.1) is 0 Å². The average molecular weight is 292 g/mol. The third-order valence-corrected chi connectivity index (χ3v) is 3.88. The standard InChI is InChI=1S/C17H19ClFN/c1-3-11-5-6-13(9-12(11)4-2)17(20)15-8-7-14(18)10-16(15)19/h5-10,17H,3-4,20H2,1-2H3. The van der Waals surface area contributed by atoms with Gasteiger partial charge in [0, 0.05) is 10.6 Å². The van der Waals surface area contributed by atoms with E-state index in [2.05, 4.69) is 26.0 Å². The number of hydrogen-bond donors (Lipinski definition) is 1. The predicted molar refractivity (Wildman–Crippen MR) is 82.6 cm³/mol. The maximum atomic E-state index is 13.9. The highest BCUT2D eigenvalue weighted by Crippen LogP contribution is 2.26. The van der Waals surface area contributed by atoms with E-state index in [0.29, 0.717) is 10.6 Å². The Morgan fingerprint density at radius 3 is 2.35 bits per heavy atom. The van der Waals surface area contributed by atoms with Gasteiger partial charge in [0.2, 0.25) is 0 Å². The number of benzene rings is 2. The summed E-state index contributed by atoms with van der Waals surface area (Å²) in [5.41, 5.74) is 10.2. The van der Waals surface area contributed by atoms with Crippen molar-refractivity contribution < 1.29 is 4.39 Å². The first kappa shape index (κ1) is 15.0. The van der Waals surface area contributed by atoms with E-state index in [1.54, 1.807) is 12.1 Å². The minimum Gasteiger partial charge on any atom is -0.320 e. The maximum absolute atomic E-state index is 13.9. The summed E-state index contributed by atoms with van der Waals surface area (Å²) in [4.78, 5) is 0. The predicted octanol–water partition coefficient (Wildman–Crippen LogP) is 4.65. The first-order valence-electron chi connectivity index (χ1n) is 6.89. The summed E-state index contributed by atoms with van der Waals surface area (Å²) in [6.45, 7) is 4.25. The molecular weight excluding hydrogens is 273 g/mol. The molecule has 106 valence electrons. The molecule has 0 radical (unpaired) electrons. The van der Waals surface area contributed by atoms with Crippen LogP contribution >= 0.6 is 11.6 Å². The topological polar surface area (TPSA) is 26.0 Å². The number of halogens is 2. The first-order valence-corrected chi connectivity index (χ1v) is 7.26. The Morgan fingerprint density at radius 1 is 1.05 bits per heavy atom. The molecule has 0 saturated carbocycles. The third kappa shape index (κ3) is 3.02. The second kappa shape index (κ2) is 6.38. The van der Waals surface area contributed by atoms with Crippen molar-refractivity contribution in [1.29, 1.82) is 0 Å². The molecular formula is C17H19ClFN. The normalized spacial score (nSPS) is 12.4. The highest BCUT2D eigenvalue weighted by molar-refractivity contribution is 6.30. The summed E-state index contributed by atoms with van der Waals surface area (Å²) in [5.74, 6) is -0.359. The molecule has 0 amide bonds. The Hall–Kier alpha value is -1.38. The third-order valence-electron chi connectivity index (χ3n) is 3.65. The van der Waals surface area contributed by atoms with Gasteiger partial charge < -0.3 is 5.73 Å². The highest BCUT2D eigenvalue weighted by atomic mass is 35.5. The van der Waals surface area contributed by atoms with Gasteiger partial charge >= 0.3 is 0 Å². The van der Waals surface area contributed by atoms with Gasteiger partial charge in [0.25, 0.3) is 0 Å². The Morgan fingerprint density at radius 2 is 1.75 bits per heavy atom. The van der Waals surface area contributed by atoms with Gasteiger partial charge in [-0.05, 0) is 41.7 Å². The minimum atomic E-state index is -0.469. The van der Waals surface area contributed by atoms with Crippen LogP contribution in [0.15, 0.2) is 36.4 Å². The lowest BCUT2D eigenvalue weighted by Gasteiger charge is -2.16. The van der Waals surface area contributed by atoms with Crippen LogP contribution in [0.25, 0.3) is 0 Å². The lowest BCUT2D eigenvalue weighted by Crippen LogP contribution is -2.14. The Labute approximate surface area is 124 Å². The van der Waals surface area contributed by atoms with Crippen molar-refractivity contribution in [3.8, 4) is 0 Å². The fraction of sp³-hybridized carbons (Fsp3) is 0.294. The van der Waals surface area contributed by atoms with Gasteiger partial charge in [-0.25, -0.2) is 4.39 Å². The highest BCUT2D eigenvalue weighted by Gasteiger charge is 2.15. The molecule has 2 rings (SSSR count). The van der Waals surface area contributed by atoms with Gasteiger partial charge in [0.1, 0.15) is 5.82 Å². The number of aryl methyl sites for hydroxylation is 2. The van der Waals surface area contributed by atoms with Crippen LogP contribution in [0.3, 0.4) is 0 Å². The first-order chi connectivity index (χ1) is 9.56. The van der Waals surface area contributed by atoms with E-state index in [-0.39, 0.29) is 5.82 Å². The van der Waals surface area contributed by atoms with Crippen molar-refractivity contribution in [3.63, 3.8) is 0 Å².